The molecule has 4 rings (SSSR count). The second kappa shape index (κ2) is 6.55. The number of esters is 2. The molecule has 0 aromatic carbocycles. The Morgan fingerprint density at radius 2 is 2.16 bits per heavy atom. The van der Waals surface area contributed by atoms with Crippen LogP contribution in [-0.2, 0) is 33.3 Å². The maximum atomic E-state index is 12.4. The Morgan fingerprint density at radius 1 is 1.44 bits per heavy atom. The van der Waals surface area contributed by atoms with Gasteiger partial charge in [0, 0.05) is 25.3 Å². The van der Waals surface area contributed by atoms with Crippen LogP contribution in [0, 0.1) is 11.8 Å². The number of ether oxygens (including phenoxy) is 4. The van der Waals surface area contributed by atoms with Crippen LogP contribution in [0.15, 0.2) is 23.8 Å². The second-order valence-corrected chi connectivity index (χ2v) is 6.79. The van der Waals surface area contributed by atoms with Gasteiger partial charge in [0.25, 0.3) is 0 Å². The first-order valence-corrected chi connectivity index (χ1v) is 8.44. The first-order valence-electron chi connectivity index (χ1n) is 7.91. The molecular weight excluding hydrogens is 352 g/mol. The van der Waals surface area contributed by atoms with E-state index in [1.165, 1.54) is 13.0 Å². The van der Waals surface area contributed by atoms with Crippen LogP contribution in [0.5, 0.6) is 0 Å². The third-order valence-corrected chi connectivity index (χ3v) is 5.19. The van der Waals surface area contributed by atoms with Crippen molar-refractivity contribution in [2.24, 2.45) is 11.8 Å². The minimum Gasteiger partial charge on any atom is -0.461 e. The van der Waals surface area contributed by atoms with Crippen LogP contribution >= 0.6 is 11.6 Å². The SMILES string of the molecule is C=C1[C@H]2O[C@@H](OC(=O)/C=C(/C)COC(C)=O)[C@H]3[C@@H]1CC(=O)[C@@]3(CCl)O2. The lowest BCUT2D eigenvalue weighted by Gasteiger charge is -2.51. The van der Waals surface area contributed by atoms with Gasteiger partial charge in [-0.15, -0.1) is 11.6 Å². The highest BCUT2D eigenvalue weighted by Gasteiger charge is 2.69. The van der Waals surface area contributed by atoms with Gasteiger partial charge in [0.05, 0.1) is 11.8 Å². The summed E-state index contributed by atoms with van der Waals surface area (Å²) < 4.78 is 21.5. The van der Waals surface area contributed by atoms with E-state index >= 15 is 0 Å². The molecule has 0 radical (unpaired) electrons. The summed E-state index contributed by atoms with van der Waals surface area (Å²) in [5.74, 6) is -1.93. The molecule has 3 aliphatic heterocycles. The number of hydrogen-bond donors (Lipinski definition) is 0. The summed E-state index contributed by atoms with van der Waals surface area (Å²) in [7, 11) is 0. The summed E-state index contributed by atoms with van der Waals surface area (Å²) in [6.45, 7) is 6.84. The first-order chi connectivity index (χ1) is 11.8. The van der Waals surface area contributed by atoms with E-state index in [-0.39, 0.29) is 30.6 Å². The maximum absolute atomic E-state index is 12.4. The van der Waals surface area contributed by atoms with E-state index in [1.807, 2.05) is 0 Å². The normalized spacial score (nSPS) is 36.5. The number of carbonyl (C=O) groups is 3. The molecule has 0 spiro atoms. The average molecular weight is 371 g/mol. The predicted molar refractivity (Wildman–Crippen MR) is 85.4 cm³/mol. The molecule has 0 unspecified atom stereocenters. The predicted octanol–water partition coefficient (Wildman–Crippen LogP) is 1.49. The molecule has 0 N–H and O–H groups in total. The van der Waals surface area contributed by atoms with E-state index in [1.54, 1.807) is 6.92 Å². The number of hydrogen-bond acceptors (Lipinski definition) is 7. The Labute approximate surface area is 149 Å². The highest BCUT2D eigenvalue weighted by molar-refractivity contribution is 6.21. The molecule has 4 bridgehead atoms. The Morgan fingerprint density at radius 3 is 2.80 bits per heavy atom. The molecule has 4 fully saturated rings. The van der Waals surface area contributed by atoms with E-state index < -0.39 is 36.0 Å². The van der Waals surface area contributed by atoms with Crippen molar-refractivity contribution in [3.63, 3.8) is 0 Å². The van der Waals surface area contributed by atoms with Crippen molar-refractivity contribution in [1.82, 2.24) is 0 Å². The van der Waals surface area contributed by atoms with Gasteiger partial charge in [-0.05, 0) is 18.1 Å². The summed E-state index contributed by atoms with van der Waals surface area (Å²) in [4.78, 5) is 35.3. The van der Waals surface area contributed by atoms with Gasteiger partial charge in [0.1, 0.15) is 6.61 Å². The molecule has 136 valence electrons. The lowest BCUT2D eigenvalue weighted by molar-refractivity contribution is -0.348. The van der Waals surface area contributed by atoms with Gasteiger partial charge in [0.15, 0.2) is 17.7 Å². The van der Waals surface area contributed by atoms with E-state index in [4.69, 9.17) is 30.5 Å². The smallest absolute Gasteiger partial charge is 0.333 e. The lowest BCUT2D eigenvalue weighted by Crippen LogP contribution is -2.63. The molecule has 25 heavy (non-hydrogen) atoms. The molecule has 0 aromatic rings. The van der Waals surface area contributed by atoms with E-state index in [9.17, 15) is 14.4 Å². The largest absolute Gasteiger partial charge is 0.461 e. The molecule has 4 aliphatic rings. The van der Waals surface area contributed by atoms with Gasteiger partial charge in [0.2, 0.25) is 6.29 Å². The van der Waals surface area contributed by atoms with Crippen LogP contribution in [-0.4, -0.2) is 48.4 Å². The van der Waals surface area contributed by atoms with E-state index in [0.717, 1.165) is 0 Å². The summed E-state index contributed by atoms with van der Waals surface area (Å²) >= 11 is 6.03. The number of rotatable bonds is 5. The molecule has 3 saturated heterocycles. The highest BCUT2D eigenvalue weighted by atomic mass is 35.5. The summed E-state index contributed by atoms with van der Waals surface area (Å²) in [5.41, 5.74) is -0.00368. The molecule has 8 heteroatoms. The zero-order chi connectivity index (χ0) is 18.4. The van der Waals surface area contributed by atoms with Gasteiger partial charge in [-0.3, -0.25) is 9.59 Å². The molecule has 5 atom stereocenters. The number of halogens is 1. The van der Waals surface area contributed by atoms with Crippen molar-refractivity contribution in [2.75, 3.05) is 12.5 Å². The van der Waals surface area contributed by atoms with Crippen LogP contribution in [0.4, 0.5) is 0 Å². The molecule has 0 aromatic heterocycles. The van der Waals surface area contributed by atoms with Crippen molar-refractivity contribution in [2.45, 2.75) is 38.4 Å². The van der Waals surface area contributed by atoms with Crippen LogP contribution < -0.4 is 0 Å². The van der Waals surface area contributed by atoms with Gasteiger partial charge in [-0.2, -0.15) is 0 Å². The number of alkyl halides is 1. The monoisotopic (exact) mass is 370 g/mol. The Kier molecular flexibility index (Phi) is 4.74. The maximum Gasteiger partial charge on any atom is 0.333 e. The first kappa shape index (κ1) is 18.1. The fraction of sp³-hybridized carbons (Fsp3) is 0.588. The number of carbonyl (C=O) groups excluding carboxylic acids is 3. The van der Waals surface area contributed by atoms with Crippen LogP contribution in [0.3, 0.4) is 0 Å². The highest BCUT2D eigenvalue weighted by Crippen LogP contribution is 2.56. The summed E-state index contributed by atoms with van der Waals surface area (Å²) in [6.07, 6.45) is -0.277. The third kappa shape index (κ3) is 3.01. The molecule has 1 saturated carbocycles. The van der Waals surface area contributed by atoms with Crippen molar-refractivity contribution in [3.8, 4) is 0 Å². The van der Waals surface area contributed by atoms with Crippen molar-refractivity contribution in [1.29, 1.82) is 0 Å². The van der Waals surface area contributed by atoms with E-state index in [2.05, 4.69) is 6.58 Å². The molecule has 7 nitrogen and oxygen atoms in total. The van der Waals surface area contributed by atoms with Crippen LogP contribution in [0.25, 0.3) is 0 Å². The Hall–Kier alpha value is -1.70. The summed E-state index contributed by atoms with van der Waals surface area (Å²) in [5, 5.41) is 0. The van der Waals surface area contributed by atoms with Gasteiger partial charge in [-0.25, -0.2) is 4.79 Å². The third-order valence-electron chi connectivity index (χ3n) is 4.79. The van der Waals surface area contributed by atoms with Gasteiger partial charge in [-0.1, -0.05) is 6.58 Å². The second-order valence-electron chi connectivity index (χ2n) is 6.52. The van der Waals surface area contributed by atoms with Crippen LogP contribution in [0.1, 0.15) is 20.3 Å². The molecular formula is C17H19ClO7. The minimum atomic E-state index is -1.20. The Bertz CT molecular complexity index is 670. The fourth-order valence-electron chi connectivity index (χ4n) is 3.59. The molecule has 0 amide bonds. The summed E-state index contributed by atoms with van der Waals surface area (Å²) in [6, 6.07) is 0. The van der Waals surface area contributed by atoms with Crippen molar-refractivity contribution < 1.29 is 33.3 Å². The number of ketones is 1. The lowest BCUT2D eigenvalue weighted by atomic mass is 9.77. The fourth-order valence-corrected chi connectivity index (χ4v) is 3.98. The minimum absolute atomic E-state index is 0.00530. The number of fused-ring (bicyclic) bond motifs is 1. The zero-order valence-electron chi connectivity index (χ0n) is 14.0. The molecule has 3 heterocycles. The van der Waals surface area contributed by atoms with Crippen LogP contribution in [0.2, 0.25) is 0 Å². The van der Waals surface area contributed by atoms with Gasteiger partial charge < -0.3 is 18.9 Å². The van der Waals surface area contributed by atoms with Crippen molar-refractivity contribution >= 4 is 29.3 Å². The zero-order valence-corrected chi connectivity index (χ0v) is 14.7. The Balaban J connectivity index is 1.73. The number of Topliss-reactive ketones (excluding diaryl/α,β-unsaturated/α-hetero) is 1. The molecule has 1 aliphatic carbocycles. The quantitative estimate of drug-likeness (QED) is 0.313. The van der Waals surface area contributed by atoms with Crippen molar-refractivity contribution in [3.05, 3.63) is 23.8 Å². The van der Waals surface area contributed by atoms with E-state index in [0.29, 0.717) is 11.1 Å². The topological polar surface area (TPSA) is 88.1 Å². The standard InChI is InChI=1S/C17H19ClO7/c1-8(6-22-10(3)19)4-13(21)23-16-14-11-5-12(20)17(14,7-18)25-15(24-16)9(11)2/h4,11,14-16H,2,5-7H2,1,3H3/b8-4-/t11-,14-,15+,16-,17-/m1/s1. The average Bonchev–Trinajstić information content (AvgIpc) is 2.81. The van der Waals surface area contributed by atoms with Gasteiger partial charge >= 0.3 is 11.9 Å².